The van der Waals surface area contributed by atoms with Crippen LogP contribution in [-0.2, 0) is 14.6 Å². The highest BCUT2D eigenvalue weighted by atomic mass is 32.2. The first kappa shape index (κ1) is 16.5. The maximum absolute atomic E-state index is 11.8. The average Bonchev–Trinajstić information content (AvgIpc) is 2.25. The molecule has 0 bridgehead atoms. The van der Waals surface area contributed by atoms with Crippen molar-refractivity contribution in [3.63, 3.8) is 0 Å². The van der Waals surface area contributed by atoms with Crippen LogP contribution < -0.4 is 0 Å². The Kier molecular flexibility index (Phi) is 5.42. The second-order valence-corrected chi connectivity index (χ2v) is 8.86. The molecule has 4 nitrogen and oxygen atoms in total. The molecule has 1 rings (SSSR count). The van der Waals surface area contributed by atoms with Crippen molar-refractivity contribution in [2.24, 2.45) is 17.3 Å². The van der Waals surface area contributed by atoms with Crippen LogP contribution in [0.1, 0.15) is 52.9 Å². The fraction of sp³-hybridized carbons (Fsp3) is 0.929. The van der Waals surface area contributed by atoms with Crippen molar-refractivity contribution >= 4 is 15.8 Å². The van der Waals surface area contributed by atoms with E-state index in [1.54, 1.807) is 0 Å². The van der Waals surface area contributed by atoms with Gasteiger partial charge in [-0.25, -0.2) is 8.42 Å². The molecule has 1 N–H and O–H groups in total. The predicted octanol–water partition coefficient (Wildman–Crippen LogP) is 2.73. The third-order valence-electron chi connectivity index (χ3n) is 4.15. The number of sulfone groups is 1. The van der Waals surface area contributed by atoms with Crippen molar-refractivity contribution < 1.29 is 18.3 Å². The van der Waals surface area contributed by atoms with E-state index >= 15 is 0 Å². The van der Waals surface area contributed by atoms with Gasteiger partial charge in [0.15, 0.2) is 0 Å². The molecule has 0 radical (unpaired) electrons. The zero-order valence-corrected chi connectivity index (χ0v) is 13.0. The quantitative estimate of drug-likeness (QED) is 0.816. The zero-order valence-electron chi connectivity index (χ0n) is 12.2. The molecule has 1 fully saturated rings. The van der Waals surface area contributed by atoms with Crippen molar-refractivity contribution in [1.29, 1.82) is 0 Å². The maximum atomic E-state index is 11.8. The Bertz CT molecular complexity index is 411. The van der Waals surface area contributed by atoms with Crippen LogP contribution in [0.25, 0.3) is 0 Å². The van der Waals surface area contributed by atoms with Gasteiger partial charge >= 0.3 is 5.97 Å². The first-order chi connectivity index (χ1) is 8.67. The van der Waals surface area contributed by atoms with Gasteiger partial charge in [-0.05, 0) is 43.4 Å². The lowest BCUT2D eigenvalue weighted by Crippen LogP contribution is -2.35. The van der Waals surface area contributed by atoms with Gasteiger partial charge in [0.2, 0.25) is 0 Å². The topological polar surface area (TPSA) is 71.4 Å². The third kappa shape index (κ3) is 5.13. The SMILES string of the molecule is CCCS(=O)(=O)CCC1CC(C)(C)CCC1C(=O)O. The molecule has 0 heterocycles. The van der Waals surface area contributed by atoms with E-state index in [2.05, 4.69) is 13.8 Å². The van der Waals surface area contributed by atoms with E-state index in [0.717, 1.165) is 12.8 Å². The summed E-state index contributed by atoms with van der Waals surface area (Å²) in [5.41, 5.74) is 0.130. The molecule has 1 aliphatic carbocycles. The van der Waals surface area contributed by atoms with Crippen LogP contribution in [0.15, 0.2) is 0 Å². The molecule has 0 aliphatic heterocycles. The van der Waals surface area contributed by atoms with E-state index < -0.39 is 15.8 Å². The molecule has 0 amide bonds. The lowest BCUT2D eigenvalue weighted by atomic mass is 9.66. The summed E-state index contributed by atoms with van der Waals surface area (Å²) in [5, 5.41) is 9.26. The van der Waals surface area contributed by atoms with Crippen LogP contribution in [0.3, 0.4) is 0 Å². The molecule has 2 atom stereocenters. The van der Waals surface area contributed by atoms with E-state index in [9.17, 15) is 18.3 Å². The van der Waals surface area contributed by atoms with Gasteiger partial charge in [0.05, 0.1) is 11.7 Å². The second-order valence-electron chi connectivity index (χ2n) is 6.55. The van der Waals surface area contributed by atoms with Gasteiger partial charge in [0.1, 0.15) is 9.84 Å². The first-order valence-electron chi connectivity index (χ1n) is 7.10. The smallest absolute Gasteiger partial charge is 0.306 e. The Morgan fingerprint density at radius 3 is 2.47 bits per heavy atom. The van der Waals surface area contributed by atoms with Crippen molar-refractivity contribution in [2.45, 2.75) is 52.9 Å². The van der Waals surface area contributed by atoms with Crippen LogP contribution in [0.5, 0.6) is 0 Å². The van der Waals surface area contributed by atoms with Crippen LogP contribution in [-0.4, -0.2) is 31.0 Å². The molecule has 1 saturated carbocycles. The average molecular weight is 290 g/mol. The summed E-state index contributed by atoms with van der Waals surface area (Å²) >= 11 is 0. The Morgan fingerprint density at radius 2 is 1.95 bits per heavy atom. The van der Waals surface area contributed by atoms with Crippen LogP contribution >= 0.6 is 0 Å². The minimum atomic E-state index is -3.01. The van der Waals surface area contributed by atoms with E-state index in [1.807, 2.05) is 6.92 Å². The van der Waals surface area contributed by atoms with Gasteiger partial charge in [-0.15, -0.1) is 0 Å². The van der Waals surface area contributed by atoms with Gasteiger partial charge in [-0.3, -0.25) is 4.79 Å². The number of carbonyl (C=O) groups is 1. The van der Waals surface area contributed by atoms with E-state index in [-0.39, 0.29) is 28.8 Å². The van der Waals surface area contributed by atoms with Crippen molar-refractivity contribution in [1.82, 2.24) is 0 Å². The van der Waals surface area contributed by atoms with Gasteiger partial charge in [-0.1, -0.05) is 20.8 Å². The minimum absolute atomic E-state index is 0.00659. The fourth-order valence-corrected chi connectivity index (χ4v) is 4.60. The molecule has 5 heteroatoms. The first-order valence-corrected chi connectivity index (χ1v) is 8.92. The summed E-state index contributed by atoms with van der Waals surface area (Å²) in [4.78, 5) is 11.3. The summed E-state index contributed by atoms with van der Waals surface area (Å²) < 4.78 is 23.5. The van der Waals surface area contributed by atoms with Gasteiger partial charge in [-0.2, -0.15) is 0 Å². The molecule has 112 valence electrons. The number of carboxylic acids is 1. The highest BCUT2D eigenvalue weighted by molar-refractivity contribution is 7.91. The van der Waals surface area contributed by atoms with Crippen molar-refractivity contribution in [2.75, 3.05) is 11.5 Å². The maximum Gasteiger partial charge on any atom is 0.306 e. The molecule has 0 aromatic heterocycles. The summed E-state index contributed by atoms with van der Waals surface area (Å²) in [7, 11) is -3.01. The molecule has 0 spiro atoms. The molecular formula is C14H26O4S. The summed E-state index contributed by atoms with van der Waals surface area (Å²) in [6.45, 7) is 6.12. The molecule has 19 heavy (non-hydrogen) atoms. The fourth-order valence-electron chi connectivity index (χ4n) is 3.11. The lowest BCUT2D eigenvalue weighted by molar-refractivity contribution is -0.146. The Hall–Kier alpha value is -0.580. The largest absolute Gasteiger partial charge is 0.481 e. The number of hydrogen-bond acceptors (Lipinski definition) is 3. The Morgan fingerprint density at radius 1 is 1.32 bits per heavy atom. The van der Waals surface area contributed by atoms with Crippen LogP contribution in [0.2, 0.25) is 0 Å². The highest BCUT2D eigenvalue weighted by Crippen LogP contribution is 2.43. The predicted molar refractivity (Wildman–Crippen MR) is 75.8 cm³/mol. The van der Waals surface area contributed by atoms with Gasteiger partial charge in [0, 0.05) is 5.75 Å². The third-order valence-corrected chi connectivity index (χ3v) is 6.04. The normalized spacial score (nSPS) is 27.1. The second kappa shape index (κ2) is 6.25. The highest BCUT2D eigenvalue weighted by Gasteiger charge is 2.38. The minimum Gasteiger partial charge on any atom is -0.481 e. The Balaban J connectivity index is 2.68. The van der Waals surface area contributed by atoms with E-state index in [4.69, 9.17) is 0 Å². The number of rotatable bonds is 6. The number of carboxylic acid groups (broad SMARTS) is 1. The van der Waals surface area contributed by atoms with Crippen LogP contribution in [0.4, 0.5) is 0 Å². The number of aliphatic carboxylic acids is 1. The Labute approximate surface area is 116 Å². The van der Waals surface area contributed by atoms with E-state index in [0.29, 0.717) is 19.3 Å². The molecule has 0 aromatic rings. The monoisotopic (exact) mass is 290 g/mol. The molecule has 1 aliphatic rings. The molecule has 2 unspecified atom stereocenters. The van der Waals surface area contributed by atoms with Crippen molar-refractivity contribution in [3.8, 4) is 0 Å². The van der Waals surface area contributed by atoms with E-state index in [1.165, 1.54) is 0 Å². The lowest BCUT2D eigenvalue weighted by Gasteiger charge is -2.39. The molecule has 0 aromatic carbocycles. The van der Waals surface area contributed by atoms with Gasteiger partial charge < -0.3 is 5.11 Å². The molecular weight excluding hydrogens is 264 g/mol. The van der Waals surface area contributed by atoms with Crippen molar-refractivity contribution in [3.05, 3.63) is 0 Å². The van der Waals surface area contributed by atoms with Gasteiger partial charge in [0.25, 0.3) is 0 Å². The number of hydrogen-bond donors (Lipinski definition) is 1. The van der Waals surface area contributed by atoms with Crippen LogP contribution in [0, 0.1) is 17.3 Å². The zero-order chi connectivity index (χ0) is 14.7. The summed E-state index contributed by atoms with van der Waals surface area (Å²) in [6, 6.07) is 0. The standard InChI is InChI=1S/C14H26O4S/c1-4-8-19(17,18)9-6-11-10-14(2,3)7-5-12(11)13(15)16/h11-12H,4-10H2,1-3H3,(H,15,16). The molecule has 0 saturated heterocycles. The summed E-state index contributed by atoms with van der Waals surface area (Å²) in [5.74, 6) is -0.808. The summed E-state index contributed by atoms with van der Waals surface area (Å²) in [6.07, 6.45) is 3.50.